The highest BCUT2D eigenvalue weighted by atomic mass is 19.1. The van der Waals surface area contributed by atoms with Crippen LogP contribution >= 0.6 is 0 Å². The molecular formula is C12H17FN4O. The van der Waals surface area contributed by atoms with Gasteiger partial charge in [0.15, 0.2) is 5.96 Å². The molecule has 5 nitrogen and oxygen atoms in total. The third-order valence-corrected chi connectivity index (χ3v) is 3.22. The zero-order valence-electron chi connectivity index (χ0n) is 10.6. The summed E-state index contributed by atoms with van der Waals surface area (Å²) in [7, 11) is 1.64. The minimum absolute atomic E-state index is 0.349. The van der Waals surface area contributed by atoms with Crippen LogP contribution in [-0.4, -0.2) is 42.6 Å². The smallest absolute Gasteiger partial charge is 0.192 e. The standard InChI is InChI=1S/C12H17FN4O/c1-12(10-4-3-9(13)7-15-10)8-16-11(14)17(12)5-6-18-2/h3-4,7H,5-6,8H2,1-2H3,(H2,14,16). The lowest BCUT2D eigenvalue weighted by Gasteiger charge is -2.35. The lowest BCUT2D eigenvalue weighted by Crippen LogP contribution is -2.49. The summed E-state index contributed by atoms with van der Waals surface area (Å²) in [5, 5.41) is 0. The van der Waals surface area contributed by atoms with Crippen LogP contribution in [0, 0.1) is 5.82 Å². The highest BCUT2D eigenvalue weighted by molar-refractivity contribution is 5.81. The first-order chi connectivity index (χ1) is 8.58. The summed E-state index contributed by atoms with van der Waals surface area (Å²) >= 11 is 0. The van der Waals surface area contributed by atoms with Crippen LogP contribution in [0.1, 0.15) is 12.6 Å². The van der Waals surface area contributed by atoms with Crippen molar-refractivity contribution in [2.75, 3.05) is 26.8 Å². The van der Waals surface area contributed by atoms with E-state index in [-0.39, 0.29) is 5.82 Å². The molecule has 1 unspecified atom stereocenters. The molecule has 18 heavy (non-hydrogen) atoms. The van der Waals surface area contributed by atoms with Crippen molar-refractivity contribution in [2.24, 2.45) is 10.7 Å². The molecule has 1 aliphatic heterocycles. The fraction of sp³-hybridized carbons (Fsp3) is 0.500. The van der Waals surface area contributed by atoms with E-state index in [1.165, 1.54) is 12.3 Å². The summed E-state index contributed by atoms with van der Waals surface area (Å²) in [6, 6.07) is 3.07. The molecule has 0 aromatic carbocycles. The average Bonchev–Trinajstić information content (AvgIpc) is 2.65. The van der Waals surface area contributed by atoms with Crippen LogP contribution in [0.15, 0.2) is 23.3 Å². The highest BCUT2D eigenvalue weighted by Crippen LogP contribution is 2.30. The van der Waals surface area contributed by atoms with Gasteiger partial charge in [0.05, 0.1) is 25.0 Å². The molecule has 1 atom stereocenters. The molecule has 0 saturated carbocycles. The number of methoxy groups -OCH3 is 1. The molecule has 2 rings (SSSR count). The molecule has 1 aromatic heterocycles. The largest absolute Gasteiger partial charge is 0.383 e. The van der Waals surface area contributed by atoms with Gasteiger partial charge in [0.1, 0.15) is 11.4 Å². The fourth-order valence-electron chi connectivity index (χ4n) is 2.12. The van der Waals surface area contributed by atoms with E-state index >= 15 is 0 Å². The molecule has 1 aliphatic rings. The molecule has 2 N–H and O–H groups in total. The van der Waals surface area contributed by atoms with Crippen LogP contribution in [0.3, 0.4) is 0 Å². The van der Waals surface area contributed by atoms with Crippen molar-refractivity contribution in [3.8, 4) is 0 Å². The van der Waals surface area contributed by atoms with Gasteiger partial charge in [-0.25, -0.2) is 4.39 Å². The maximum Gasteiger partial charge on any atom is 0.192 e. The highest BCUT2D eigenvalue weighted by Gasteiger charge is 2.40. The quantitative estimate of drug-likeness (QED) is 0.857. The lowest BCUT2D eigenvalue weighted by atomic mass is 9.96. The maximum absolute atomic E-state index is 12.9. The number of ether oxygens (including phenoxy) is 1. The number of nitrogens with two attached hydrogens (primary N) is 1. The Morgan fingerprint density at radius 1 is 1.56 bits per heavy atom. The number of guanidine groups is 1. The summed E-state index contributed by atoms with van der Waals surface area (Å²) in [4.78, 5) is 10.3. The van der Waals surface area contributed by atoms with Crippen molar-refractivity contribution in [1.29, 1.82) is 0 Å². The zero-order chi connectivity index (χ0) is 13.2. The predicted molar refractivity (Wildman–Crippen MR) is 66.6 cm³/mol. The van der Waals surface area contributed by atoms with Crippen LogP contribution in [-0.2, 0) is 10.3 Å². The minimum Gasteiger partial charge on any atom is -0.383 e. The molecule has 2 heterocycles. The van der Waals surface area contributed by atoms with Crippen LogP contribution in [0.2, 0.25) is 0 Å². The Morgan fingerprint density at radius 2 is 2.33 bits per heavy atom. The van der Waals surface area contributed by atoms with Crippen molar-refractivity contribution < 1.29 is 9.13 Å². The predicted octanol–water partition coefficient (Wildman–Crippen LogP) is 0.713. The first kappa shape index (κ1) is 12.8. The van der Waals surface area contributed by atoms with Gasteiger partial charge in [-0.2, -0.15) is 0 Å². The maximum atomic E-state index is 12.9. The van der Waals surface area contributed by atoms with E-state index in [9.17, 15) is 4.39 Å². The summed E-state index contributed by atoms with van der Waals surface area (Å²) in [5.74, 6) is 0.123. The second kappa shape index (κ2) is 4.89. The average molecular weight is 252 g/mol. The van der Waals surface area contributed by atoms with E-state index in [2.05, 4.69) is 9.98 Å². The van der Waals surface area contributed by atoms with Gasteiger partial charge in [-0.05, 0) is 19.1 Å². The topological polar surface area (TPSA) is 63.7 Å². The van der Waals surface area contributed by atoms with E-state index in [0.29, 0.717) is 25.7 Å². The van der Waals surface area contributed by atoms with Crippen LogP contribution < -0.4 is 5.73 Å². The molecule has 6 heteroatoms. The summed E-state index contributed by atoms with van der Waals surface area (Å²) in [6.45, 7) is 3.68. The van der Waals surface area contributed by atoms with Crippen molar-refractivity contribution in [2.45, 2.75) is 12.5 Å². The van der Waals surface area contributed by atoms with Crippen molar-refractivity contribution in [1.82, 2.24) is 9.88 Å². The molecule has 98 valence electrons. The second-order valence-corrected chi connectivity index (χ2v) is 4.45. The Kier molecular flexibility index (Phi) is 3.47. The van der Waals surface area contributed by atoms with E-state index in [4.69, 9.17) is 10.5 Å². The van der Waals surface area contributed by atoms with Crippen LogP contribution in [0.4, 0.5) is 4.39 Å². The van der Waals surface area contributed by atoms with Gasteiger partial charge in [0.2, 0.25) is 0 Å². The Balaban J connectivity index is 2.26. The van der Waals surface area contributed by atoms with E-state index in [1.54, 1.807) is 13.2 Å². The summed E-state index contributed by atoms with van der Waals surface area (Å²) in [5.41, 5.74) is 6.20. The zero-order valence-corrected chi connectivity index (χ0v) is 10.6. The number of rotatable bonds is 4. The monoisotopic (exact) mass is 252 g/mol. The molecule has 0 bridgehead atoms. The Hall–Kier alpha value is -1.69. The summed E-state index contributed by atoms with van der Waals surface area (Å²) < 4.78 is 18.0. The Labute approximate surface area is 105 Å². The third-order valence-electron chi connectivity index (χ3n) is 3.22. The van der Waals surface area contributed by atoms with Crippen molar-refractivity contribution >= 4 is 5.96 Å². The minimum atomic E-state index is -0.434. The normalized spacial score (nSPS) is 23.3. The van der Waals surface area contributed by atoms with Gasteiger partial charge in [-0.1, -0.05) is 0 Å². The van der Waals surface area contributed by atoms with Crippen molar-refractivity contribution in [3.05, 3.63) is 29.8 Å². The SMILES string of the molecule is COCCN1C(N)=NCC1(C)c1ccc(F)cn1. The third kappa shape index (κ3) is 2.15. The number of aromatic nitrogens is 1. The molecule has 0 aliphatic carbocycles. The first-order valence-corrected chi connectivity index (χ1v) is 5.76. The van der Waals surface area contributed by atoms with Crippen LogP contribution in [0.5, 0.6) is 0 Å². The summed E-state index contributed by atoms with van der Waals surface area (Å²) in [6.07, 6.45) is 1.21. The molecule has 0 radical (unpaired) electrons. The number of aliphatic imine (C=N–C) groups is 1. The Morgan fingerprint density at radius 3 is 2.94 bits per heavy atom. The van der Waals surface area contributed by atoms with Crippen molar-refractivity contribution in [3.63, 3.8) is 0 Å². The van der Waals surface area contributed by atoms with Gasteiger partial charge in [-0.3, -0.25) is 9.98 Å². The number of hydrogen-bond donors (Lipinski definition) is 1. The van der Waals surface area contributed by atoms with Gasteiger partial charge < -0.3 is 15.4 Å². The van der Waals surface area contributed by atoms with Gasteiger partial charge >= 0.3 is 0 Å². The molecule has 0 spiro atoms. The molecule has 1 aromatic rings. The van der Waals surface area contributed by atoms with Gasteiger partial charge in [0, 0.05) is 13.7 Å². The van der Waals surface area contributed by atoms with Gasteiger partial charge in [-0.15, -0.1) is 0 Å². The van der Waals surface area contributed by atoms with E-state index in [1.807, 2.05) is 11.8 Å². The number of nitrogens with zero attached hydrogens (tertiary/aromatic N) is 3. The Bertz CT molecular complexity index is 448. The molecule has 0 fully saturated rings. The van der Waals surface area contributed by atoms with E-state index in [0.717, 1.165) is 5.69 Å². The van der Waals surface area contributed by atoms with E-state index < -0.39 is 5.54 Å². The lowest BCUT2D eigenvalue weighted by molar-refractivity contribution is 0.135. The molecule has 0 saturated heterocycles. The number of halogens is 1. The number of pyridine rings is 1. The molecule has 0 amide bonds. The van der Waals surface area contributed by atoms with Crippen LogP contribution in [0.25, 0.3) is 0 Å². The molecular weight excluding hydrogens is 235 g/mol. The van der Waals surface area contributed by atoms with Gasteiger partial charge in [0.25, 0.3) is 0 Å². The fourth-order valence-corrected chi connectivity index (χ4v) is 2.12. The first-order valence-electron chi connectivity index (χ1n) is 5.76. The number of hydrogen-bond acceptors (Lipinski definition) is 5. The second-order valence-electron chi connectivity index (χ2n) is 4.45.